The van der Waals surface area contributed by atoms with E-state index in [0.717, 1.165) is 6.92 Å². The average molecular weight is 360 g/mol. The maximum atomic E-state index is 11.8. The number of ether oxygens (including phenoxy) is 1. The number of rotatable bonds is 5. The minimum atomic E-state index is -4.37. The molecule has 1 aromatic carbocycles. The van der Waals surface area contributed by atoms with Crippen molar-refractivity contribution >= 4 is 38.7 Å². The second-order valence-corrected chi connectivity index (χ2v) is 6.94. The lowest BCUT2D eigenvalue weighted by Crippen LogP contribution is -2.44. The van der Waals surface area contributed by atoms with Crippen LogP contribution in [0.15, 0.2) is 24.4 Å². The van der Waals surface area contributed by atoms with Gasteiger partial charge in [-0.3, -0.25) is 9.35 Å². The molecule has 8 nitrogen and oxygen atoms in total. The standard InChI is InChI=1S/C13H14ClN3O5S/c1-7(13(18)16-8(2)23(19,20)21)22-12-6-15-10-4-3-9(14)5-11(10)17-12/h3-8H,1-2H3,(H,16,18)(H,19,20,21). The zero-order valence-electron chi connectivity index (χ0n) is 12.2. The predicted molar refractivity (Wildman–Crippen MR) is 83.8 cm³/mol. The van der Waals surface area contributed by atoms with Gasteiger partial charge in [-0.1, -0.05) is 11.6 Å². The van der Waals surface area contributed by atoms with E-state index < -0.39 is 27.5 Å². The third kappa shape index (κ3) is 4.50. The minimum Gasteiger partial charge on any atom is -0.463 e. The Hall–Kier alpha value is -1.97. The molecule has 2 N–H and O–H groups in total. The van der Waals surface area contributed by atoms with Crippen molar-refractivity contribution in [2.45, 2.75) is 25.3 Å². The first kappa shape index (κ1) is 17.4. The Morgan fingerprint density at radius 3 is 2.70 bits per heavy atom. The van der Waals surface area contributed by atoms with Gasteiger partial charge >= 0.3 is 0 Å². The summed E-state index contributed by atoms with van der Waals surface area (Å²) in [4.78, 5) is 20.1. The molecular formula is C13H14ClN3O5S. The van der Waals surface area contributed by atoms with Crippen LogP contribution in [0.5, 0.6) is 5.88 Å². The van der Waals surface area contributed by atoms with Crippen molar-refractivity contribution in [1.29, 1.82) is 0 Å². The van der Waals surface area contributed by atoms with Crippen LogP contribution in [0, 0.1) is 0 Å². The molecule has 0 saturated heterocycles. The number of nitrogens with one attached hydrogen (secondary N) is 1. The van der Waals surface area contributed by atoms with E-state index in [1.165, 1.54) is 13.1 Å². The summed E-state index contributed by atoms with van der Waals surface area (Å²) < 4.78 is 35.9. The molecule has 1 amide bonds. The Labute approximate surface area is 137 Å². The van der Waals surface area contributed by atoms with Crippen LogP contribution in [0.2, 0.25) is 5.02 Å². The largest absolute Gasteiger partial charge is 0.463 e. The number of benzene rings is 1. The van der Waals surface area contributed by atoms with E-state index in [0.29, 0.717) is 16.1 Å². The van der Waals surface area contributed by atoms with Gasteiger partial charge in [0.1, 0.15) is 0 Å². The number of nitrogens with zero attached hydrogens (tertiary/aromatic N) is 2. The zero-order chi connectivity index (χ0) is 17.2. The summed E-state index contributed by atoms with van der Waals surface area (Å²) in [5.41, 5.74) is 1.10. The lowest BCUT2D eigenvalue weighted by Gasteiger charge is -2.16. The zero-order valence-corrected chi connectivity index (χ0v) is 13.8. The maximum Gasteiger partial charge on any atom is 0.285 e. The molecule has 0 fully saturated rings. The van der Waals surface area contributed by atoms with Gasteiger partial charge in [-0.15, -0.1) is 0 Å². The van der Waals surface area contributed by atoms with Crippen LogP contribution in [0.25, 0.3) is 11.0 Å². The molecule has 2 rings (SSSR count). The van der Waals surface area contributed by atoms with Crippen molar-refractivity contribution in [1.82, 2.24) is 15.3 Å². The molecule has 1 heterocycles. The number of amides is 1. The first-order valence-corrected chi connectivity index (χ1v) is 8.40. The molecule has 2 unspecified atom stereocenters. The van der Waals surface area contributed by atoms with Crippen LogP contribution in [0.4, 0.5) is 0 Å². The van der Waals surface area contributed by atoms with Crippen molar-refractivity contribution in [3.8, 4) is 5.88 Å². The summed E-state index contributed by atoms with van der Waals surface area (Å²) in [5.74, 6) is -0.634. The number of carbonyl (C=O) groups excluding carboxylic acids is 1. The van der Waals surface area contributed by atoms with Crippen molar-refractivity contribution in [2.24, 2.45) is 0 Å². The smallest absolute Gasteiger partial charge is 0.285 e. The molecule has 0 aliphatic heterocycles. The lowest BCUT2D eigenvalue weighted by atomic mass is 10.3. The van der Waals surface area contributed by atoms with E-state index in [1.807, 2.05) is 0 Å². The van der Waals surface area contributed by atoms with Gasteiger partial charge in [0.25, 0.3) is 16.0 Å². The summed E-state index contributed by atoms with van der Waals surface area (Å²) in [6, 6.07) is 4.96. The average Bonchev–Trinajstić information content (AvgIpc) is 2.45. The molecule has 0 saturated carbocycles. The van der Waals surface area contributed by atoms with E-state index in [2.05, 4.69) is 15.3 Å². The fourth-order valence-corrected chi connectivity index (χ4v) is 2.08. The fourth-order valence-electron chi connectivity index (χ4n) is 1.65. The van der Waals surface area contributed by atoms with Gasteiger partial charge in [0.2, 0.25) is 5.88 Å². The van der Waals surface area contributed by atoms with Crippen LogP contribution in [-0.4, -0.2) is 40.3 Å². The van der Waals surface area contributed by atoms with Crippen LogP contribution >= 0.6 is 11.6 Å². The second-order valence-electron chi connectivity index (χ2n) is 4.77. The molecule has 1 aromatic heterocycles. The molecule has 0 aliphatic rings. The van der Waals surface area contributed by atoms with Gasteiger partial charge in [0, 0.05) is 5.02 Å². The monoisotopic (exact) mass is 359 g/mol. The van der Waals surface area contributed by atoms with Crippen molar-refractivity contribution < 1.29 is 22.5 Å². The number of halogens is 1. The van der Waals surface area contributed by atoms with Crippen molar-refractivity contribution in [2.75, 3.05) is 0 Å². The van der Waals surface area contributed by atoms with E-state index in [1.54, 1.807) is 18.2 Å². The number of hydrogen-bond acceptors (Lipinski definition) is 6. The maximum absolute atomic E-state index is 11.8. The highest BCUT2D eigenvalue weighted by atomic mass is 35.5. The van der Waals surface area contributed by atoms with Gasteiger partial charge in [-0.25, -0.2) is 9.97 Å². The fraction of sp³-hybridized carbons (Fsp3) is 0.308. The number of aromatic nitrogens is 2. The van der Waals surface area contributed by atoms with E-state index >= 15 is 0 Å². The predicted octanol–water partition coefficient (Wildman–Crippen LogP) is 1.40. The molecule has 10 heteroatoms. The number of hydrogen-bond donors (Lipinski definition) is 2. The van der Waals surface area contributed by atoms with E-state index in [-0.39, 0.29) is 5.88 Å². The topological polar surface area (TPSA) is 118 Å². The molecule has 0 aliphatic carbocycles. The van der Waals surface area contributed by atoms with Crippen LogP contribution < -0.4 is 10.1 Å². The molecule has 2 aromatic rings. The summed E-state index contributed by atoms with van der Waals surface area (Å²) in [6.07, 6.45) is 0.303. The molecule has 2 atom stereocenters. The summed E-state index contributed by atoms with van der Waals surface area (Å²) in [7, 11) is -4.37. The highest BCUT2D eigenvalue weighted by molar-refractivity contribution is 7.86. The van der Waals surface area contributed by atoms with Crippen LogP contribution in [-0.2, 0) is 14.9 Å². The van der Waals surface area contributed by atoms with Crippen LogP contribution in [0.3, 0.4) is 0 Å². The molecule has 0 bridgehead atoms. The first-order chi connectivity index (χ1) is 10.7. The molecule has 0 spiro atoms. The lowest BCUT2D eigenvalue weighted by molar-refractivity contribution is -0.127. The van der Waals surface area contributed by atoms with Gasteiger partial charge in [0.15, 0.2) is 11.5 Å². The van der Waals surface area contributed by atoms with E-state index in [4.69, 9.17) is 20.9 Å². The molecule has 0 radical (unpaired) electrons. The summed E-state index contributed by atoms with van der Waals surface area (Å²) >= 11 is 5.87. The van der Waals surface area contributed by atoms with Gasteiger partial charge in [0.05, 0.1) is 17.2 Å². The molecule has 23 heavy (non-hydrogen) atoms. The number of carbonyl (C=O) groups is 1. The Bertz CT molecular complexity index is 843. The quantitative estimate of drug-likeness (QED) is 0.774. The van der Waals surface area contributed by atoms with Gasteiger partial charge < -0.3 is 10.1 Å². The second kappa shape index (κ2) is 6.65. The highest BCUT2D eigenvalue weighted by Gasteiger charge is 2.23. The summed E-state index contributed by atoms with van der Waals surface area (Å²) in [6.45, 7) is 2.55. The SMILES string of the molecule is CC(Oc1cnc2ccc(Cl)cc2n1)C(=O)NC(C)S(=O)(=O)O. The van der Waals surface area contributed by atoms with Gasteiger partial charge in [-0.2, -0.15) is 8.42 Å². The third-order valence-electron chi connectivity index (χ3n) is 2.94. The minimum absolute atomic E-state index is 0.0851. The van der Waals surface area contributed by atoms with Gasteiger partial charge in [-0.05, 0) is 32.0 Å². The van der Waals surface area contributed by atoms with E-state index in [9.17, 15) is 13.2 Å². The molecular weight excluding hydrogens is 346 g/mol. The van der Waals surface area contributed by atoms with Crippen molar-refractivity contribution in [3.05, 3.63) is 29.4 Å². The van der Waals surface area contributed by atoms with Crippen LogP contribution in [0.1, 0.15) is 13.8 Å². The Balaban J connectivity index is 2.10. The third-order valence-corrected chi connectivity index (χ3v) is 4.19. The first-order valence-electron chi connectivity index (χ1n) is 6.52. The number of fused-ring (bicyclic) bond motifs is 1. The summed E-state index contributed by atoms with van der Waals surface area (Å²) in [5, 5.41) is 1.16. The Kier molecular flexibility index (Phi) is 5.03. The Morgan fingerprint density at radius 1 is 1.35 bits per heavy atom. The highest BCUT2D eigenvalue weighted by Crippen LogP contribution is 2.18. The van der Waals surface area contributed by atoms with Crippen molar-refractivity contribution in [3.63, 3.8) is 0 Å². The molecule has 124 valence electrons. The normalized spacial score (nSPS) is 14.3. The Morgan fingerprint density at radius 2 is 2.04 bits per heavy atom.